The van der Waals surface area contributed by atoms with Crippen LogP contribution in [0.1, 0.15) is 17.5 Å². The van der Waals surface area contributed by atoms with E-state index in [4.69, 9.17) is 24.4 Å². The summed E-state index contributed by atoms with van der Waals surface area (Å²) < 4.78 is 3.21. The van der Waals surface area contributed by atoms with Gasteiger partial charge in [-0.3, -0.25) is 39.8 Å². The molecule has 0 saturated carbocycles. The maximum absolute atomic E-state index is 12.1. The van der Waals surface area contributed by atoms with Crippen LogP contribution in [-0.4, -0.2) is 65.5 Å². The van der Waals surface area contributed by atoms with E-state index in [0.717, 1.165) is 0 Å². The van der Waals surface area contributed by atoms with E-state index in [1.807, 2.05) is 0 Å². The standard InChI is InChI=1S/C15H20N8O2S2/c1-20-8-10(6-16-20)14(26)22(3)18-12(24)5-13(25)19-23(4)15(27)11-7-17-21(2)9-11/h6-9H,5H2,1-4H3,(H,18,24)(H,19,25). The first kappa shape index (κ1) is 20.5. The number of aromatic nitrogens is 4. The minimum Gasteiger partial charge on any atom is -0.277 e. The highest BCUT2D eigenvalue weighted by molar-refractivity contribution is 7.80. The Kier molecular flexibility index (Phi) is 6.58. The van der Waals surface area contributed by atoms with Crippen LogP contribution < -0.4 is 10.9 Å². The van der Waals surface area contributed by atoms with Gasteiger partial charge in [0.2, 0.25) is 11.8 Å². The van der Waals surface area contributed by atoms with Gasteiger partial charge in [-0.05, 0) is 0 Å². The van der Waals surface area contributed by atoms with Crippen LogP contribution in [0.2, 0.25) is 0 Å². The highest BCUT2D eigenvalue weighted by Crippen LogP contribution is 2.03. The number of thiocarbonyl (C=S) groups is 2. The van der Waals surface area contributed by atoms with Crippen molar-refractivity contribution in [3.8, 4) is 0 Å². The topological polar surface area (TPSA) is 100 Å². The molecule has 0 spiro atoms. The predicted octanol–water partition coefficient (Wildman–Crippen LogP) is -0.479. The molecule has 0 fully saturated rings. The van der Waals surface area contributed by atoms with Crippen LogP contribution >= 0.6 is 24.4 Å². The van der Waals surface area contributed by atoms with Gasteiger partial charge < -0.3 is 0 Å². The molecule has 0 aromatic carbocycles. The van der Waals surface area contributed by atoms with Gasteiger partial charge in [0.1, 0.15) is 16.4 Å². The van der Waals surface area contributed by atoms with Crippen LogP contribution in [0.15, 0.2) is 24.8 Å². The van der Waals surface area contributed by atoms with E-state index in [1.165, 1.54) is 10.0 Å². The summed E-state index contributed by atoms with van der Waals surface area (Å²) >= 11 is 10.5. The average molecular weight is 409 g/mol. The van der Waals surface area contributed by atoms with E-state index in [0.29, 0.717) is 21.1 Å². The Morgan fingerprint density at radius 3 is 1.59 bits per heavy atom. The lowest BCUT2D eigenvalue weighted by atomic mass is 10.3. The summed E-state index contributed by atoms with van der Waals surface area (Å²) in [6.07, 6.45) is 6.25. The van der Waals surface area contributed by atoms with Crippen LogP contribution in [-0.2, 0) is 23.7 Å². The fourth-order valence-electron chi connectivity index (χ4n) is 2.15. The summed E-state index contributed by atoms with van der Waals surface area (Å²) in [6.45, 7) is 0. The molecule has 0 radical (unpaired) electrons. The molecule has 2 rings (SSSR count). The van der Waals surface area contributed by atoms with E-state index in [-0.39, 0.29) is 6.42 Å². The number of rotatable bonds is 4. The number of carbonyl (C=O) groups is 2. The zero-order chi connectivity index (χ0) is 20.1. The smallest absolute Gasteiger partial charge is 0.248 e. The van der Waals surface area contributed by atoms with Crippen LogP contribution in [0.5, 0.6) is 0 Å². The average Bonchev–Trinajstić information content (AvgIpc) is 3.21. The number of nitrogens with one attached hydrogen (secondary N) is 2. The van der Waals surface area contributed by atoms with Crippen molar-refractivity contribution in [3.63, 3.8) is 0 Å². The number of amides is 2. The van der Waals surface area contributed by atoms with Crippen molar-refractivity contribution >= 4 is 46.2 Å². The van der Waals surface area contributed by atoms with Crippen molar-refractivity contribution in [1.29, 1.82) is 0 Å². The minimum atomic E-state index is -0.512. The van der Waals surface area contributed by atoms with E-state index in [1.54, 1.807) is 62.3 Å². The molecule has 2 amide bonds. The molecule has 2 heterocycles. The molecule has 12 heteroatoms. The molecule has 2 N–H and O–H groups in total. The van der Waals surface area contributed by atoms with E-state index in [2.05, 4.69) is 21.0 Å². The van der Waals surface area contributed by atoms with Crippen molar-refractivity contribution in [2.75, 3.05) is 14.1 Å². The number of nitrogens with zero attached hydrogens (tertiary/aromatic N) is 6. The lowest BCUT2D eigenvalue weighted by molar-refractivity contribution is -0.132. The van der Waals surface area contributed by atoms with Crippen molar-refractivity contribution in [1.82, 2.24) is 40.4 Å². The zero-order valence-corrected chi connectivity index (χ0v) is 17.0. The third kappa shape index (κ3) is 5.56. The van der Waals surface area contributed by atoms with Crippen molar-refractivity contribution < 1.29 is 9.59 Å². The summed E-state index contributed by atoms with van der Waals surface area (Å²) in [5.41, 5.74) is 6.46. The normalized spacial score (nSPS) is 10.2. The maximum atomic E-state index is 12.1. The first-order valence-corrected chi connectivity index (χ1v) is 8.61. The van der Waals surface area contributed by atoms with Gasteiger partial charge in [0.05, 0.1) is 12.4 Å². The van der Waals surface area contributed by atoms with Crippen molar-refractivity contribution in [2.45, 2.75) is 6.42 Å². The number of hydrogen-bond donors (Lipinski definition) is 2. The van der Waals surface area contributed by atoms with Crippen LogP contribution in [0.25, 0.3) is 0 Å². The third-order valence-corrected chi connectivity index (χ3v) is 4.44. The van der Waals surface area contributed by atoms with Crippen LogP contribution in [0.3, 0.4) is 0 Å². The van der Waals surface area contributed by atoms with Crippen LogP contribution in [0, 0.1) is 0 Å². The second-order valence-electron chi connectivity index (χ2n) is 5.78. The molecule has 0 aliphatic rings. The molecule has 2 aromatic rings. The first-order chi connectivity index (χ1) is 12.7. The number of hydrogen-bond acceptors (Lipinski definition) is 6. The SMILES string of the molecule is CN(NC(=O)CC(=O)NN(C)C(=S)c1cnn(C)c1)C(=S)c1cnn(C)c1. The van der Waals surface area contributed by atoms with Crippen molar-refractivity contribution in [2.24, 2.45) is 14.1 Å². The van der Waals surface area contributed by atoms with Gasteiger partial charge in [-0.15, -0.1) is 0 Å². The summed E-state index contributed by atoms with van der Waals surface area (Å²) in [6, 6.07) is 0. The van der Waals surface area contributed by atoms with Gasteiger partial charge in [0, 0.05) is 51.7 Å². The zero-order valence-electron chi connectivity index (χ0n) is 15.3. The molecular formula is C15H20N8O2S2. The monoisotopic (exact) mass is 408 g/mol. The second-order valence-corrected chi connectivity index (χ2v) is 6.55. The molecule has 144 valence electrons. The van der Waals surface area contributed by atoms with Gasteiger partial charge in [0.25, 0.3) is 0 Å². The highest BCUT2D eigenvalue weighted by atomic mass is 32.1. The van der Waals surface area contributed by atoms with E-state index < -0.39 is 11.8 Å². The quantitative estimate of drug-likeness (QED) is 0.398. The first-order valence-electron chi connectivity index (χ1n) is 7.79. The Hall–Kier alpha value is -2.86. The molecular weight excluding hydrogens is 388 g/mol. The van der Waals surface area contributed by atoms with Gasteiger partial charge in [-0.2, -0.15) is 10.2 Å². The van der Waals surface area contributed by atoms with E-state index >= 15 is 0 Å². The fraction of sp³-hybridized carbons (Fsp3) is 0.333. The number of hydrazine groups is 2. The lowest BCUT2D eigenvalue weighted by Gasteiger charge is -2.22. The van der Waals surface area contributed by atoms with E-state index in [9.17, 15) is 9.59 Å². The second kappa shape index (κ2) is 8.68. The molecule has 10 nitrogen and oxygen atoms in total. The molecule has 2 aromatic heterocycles. The summed E-state index contributed by atoms with van der Waals surface area (Å²) in [7, 11) is 6.71. The molecule has 0 unspecified atom stereocenters. The Morgan fingerprint density at radius 2 is 1.30 bits per heavy atom. The molecule has 0 aliphatic heterocycles. The molecule has 0 aliphatic carbocycles. The Morgan fingerprint density at radius 1 is 0.926 bits per heavy atom. The molecule has 0 bridgehead atoms. The Bertz CT molecular complexity index is 805. The summed E-state index contributed by atoms with van der Waals surface area (Å²) in [5, 5.41) is 10.8. The van der Waals surface area contributed by atoms with Gasteiger partial charge in [-0.1, -0.05) is 24.4 Å². The Labute approximate surface area is 167 Å². The largest absolute Gasteiger partial charge is 0.277 e. The lowest BCUT2D eigenvalue weighted by Crippen LogP contribution is -2.47. The van der Waals surface area contributed by atoms with Crippen LogP contribution in [0.4, 0.5) is 0 Å². The van der Waals surface area contributed by atoms with Gasteiger partial charge >= 0.3 is 0 Å². The number of carbonyl (C=O) groups excluding carboxylic acids is 2. The maximum Gasteiger partial charge on any atom is 0.248 e. The number of aryl methyl sites for hydroxylation is 2. The van der Waals surface area contributed by atoms with Gasteiger partial charge in [0.15, 0.2) is 0 Å². The predicted molar refractivity (Wildman–Crippen MR) is 106 cm³/mol. The van der Waals surface area contributed by atoms with Crippen molar-refractivity contribution in [3.05, 3.63) is 35.9 Å². The molecule has 0 saturated heterocycles. The minimum absolute atomic E-state index is 0.381. The third-order valence-electron chi connectivity index (χ3n) is 3.42. The summed E-state index contributed by atoms with van der Waals surface area (Å²) in [5.74, 6) is -1.02. The highest BCUT2D eigenvalue weighted by Gasteiger charge is 2.17. The Balaban J connectivity index is 1.83. The fourth-order valence-corrected chi connectivity index (χ4v) is 2.45. The molecule has 27 heavy (non-hydrogen) atoms. The summed E-state index contributed by atoms with van der Waals surface area (Å²) in [4.78, 5) is 24.9. The van der Waals surface area contributed by atoms with Gasteiger partial charge in [-0.25, -0.2) is 0 Å². The molecule has 0 atom stereocenters.